The van der Waals surface area contributed by atoms with Crippen molar-refractivity contribution in [2.75, 3.05) is 0 Å². The second-order valence-corrected chi connectivity index (χ2v) is 6.86. The number of nitrogens with one attached hydrogen (secondary N) is 1. The predicted molar refractivity (Wildman–Crippen MR) is 111 cm³/mol. The molecule has 0 aliphatic heterocycles. The highest BCUT2D eigenvalue weighted by atomic mass is 15.3. The van der Waals surface area contributed by atoms with Crippen LogP contribution in [0.4, 0.5) is 0 Å². The Balaban J connectivity index is 1.62. The minimum atomic E-state index is 0.796. The van der Waals surface area contributed by atoms with Crippen LogP contribution in [0.2, 0.25) is 0 Å². The topological polar surface area (TPSA) is 59.4 Å². The molecule has 0 radical (unpaired) electrons. The normalized spacial score (nSPS) is 12.2. The molecule has 0 atom stereocenters. The van der Waals surface area contributed by atoms with Gasteiger partial charge in [0.1, 0.15) is 11.3 Å². The standard InChI is InChI=1S/C22H23N5/c1-5-15(4)27-19(14(2)3)13-17(26-27)9-11-20-24-18-10-8-16-7-6-12-23-21(16)22(18)25-20/h5-8,10,12-13H,2,9,11H2,1,3-4H3,(H,24,25)/b15-5-. The molecule has 27 heavy (non-hydrogen) atoms. The molecule has 0 bridgehead atoms. The summed E-state index contributed by atoms with van der Waals surface area (Å²) in [7, 11) is 0. The smallest absolute Gasteiger partial charge is 0.115 e. The molecule has 0 aliphatic rings. The van der Waals surface area contributed by atoms with Gasteiger partial charge >= 0.3 is 0 Å². The van der Waals surface area contributed by atoms with Gasteiger partial charge in [0.15, 0.2) is 0 Å². The Bertz CT molecular complexity index is 1180. The van der Waals surface area contributed by atoms with Crippen LogP contribution in [-0.2, 0) is 12.8 Å². The first-order valence-electron chi connectivity index (χ1n) is 9.17. The number of rotatable bonds is 5. The molecule has 0 spiro atoms. The number of aromatic nitrogens is 5. The first-order chi connectivity index (χ1) is 13.1. The fourth-order valence-corrected chi connectivity index (χ4v) is 3.27. The van der Waals surface area contributed by atoms with Gasteiger partial charge in [-0.1, -0.05) is 24.8 Å². The maximum atomic E-state index is 4.79. The predicted octanol–water partition coefficient (Wildman–Crippen LogP) is 5.01. The molecule has 5 heteroatoms. The van der Waals surface area contributed by atoms with Crippen LogP contribution < -0.4 is 0 Å². The molecular weight excluding hydrogens is 334 g/mol. The maximum absolute atomic E-state index is 4.79. The zero-order valence-corrected chi connectivity index (χ0v) is 16.0. The zero-order chi connectivity index (χ0) is 19.0. The number of aryl methyl sites for hydroxylation is 2. The van der Waals surface area contributed by atoms with E-state index in [0.29, 0.717) is 0 Å². The molecule has 5 nitrogen and oxygen atoms in total. The van der Waals surface area contributed by atoms with Crippen LogP contribution in [0.1, 0.15) is 38.0 Å². The summed E-state index contributed by atoms with van der Waals surface area (Å²) in [6.45, 7) is 10.2. The van der Waals surface area contributed by atoms with Crippen molar-refractivity contribution in [2.45, 2.75) is 33.6 Å². The largest absolute Gasteiger partial charge is 0.342 e. The SMILES string of the molecule is C=C(C)c1cc(CCc2nc3c(ccc4cccnc43)[nH]2)nn1/C(C)=C\C. The van der Waals surface area contributed by atoms with Crippen molar-refractivity contribution in [2.24, 2.45) is 0 Å². The molecule has 4 aromatic rings. The molecule has 0 saturated carbocycles. The Hall–Kier alpha value is -3.21. The Morgan fingerprint density at radius 1 is 1.19 bits per heavy atom. The molecule has 136 valence electrons. The molecule has 0 saturated heterocycles. The third-order valence-electron chi connectivity index (χ3n) is 4.84. The number of fused-ring (bicyclic) bond motifs is 3. The number of hydrogen-bond acceptors (Lipinski definition) is 3. The average molecular weight is 357 g/mol. The summed E-state index contributed by atoms with van der Waals surface area (Å²) in [6.07, 6.45) is 5.48. The van der Waals surface area contributed by atoms with Crippen molar-refractivity contribution < 1.29 is 0 Å². The van der Waals surface area contributed by atoms with Crippen LogP contribution in [0.15, 0.2) is 49.2 Å². The molecular formula is C22H23N5. The van der Waals surface area contributed by atoms with Crippen LogP contribution in [0.3, 0.4) is 0 Å². The lowest BCUT2D eigenvalue weighted by atomic mass is 10.2. The zero-order valence-electron chi connectivity index (χ0n) is 16.0. The molecule has 3 aromatic heterocycles. The van der Waals surface area contributed by atoms with Crippen molar-refractivity contribution >= 4 is 33.2 Å². The van der Waals surface area contributed by atoms with Crippen LogP contribution >= 0.6 is 0 Å². The van der Waals surface area contributed by atoms with Gasteiger partial charge in [0.2, 0.25) is 0 Å². The summed E-state index contributed by atoms with van der Waals surface area (Å²) < 4.78 is 1.97. The molecule has 1 aromatic carbocycles. The van der Waals surface area contributed by atoms with Gasteiger partial charge < -0.3 is 4.98 Å². The van der Waals surface area contributed by atoms with E-state index in [4.69, 9.17) is 10.1 Å². The van der Waals surface area contributed by atoms with Gasteiger partial charge in [-0.15, -0.1) is 0 Å². The number of allylic oxidation sites excluding steroid dienone is 3. The quantitative estimate of drug-likeness (QED) is 0.546. The fraction of sp³-hybridized carbons (Fsp3) is 0.227. The monoisotopic (exact) mass is 357 g/mol. The highest BCUT2D eigenvalue weighted by Gasteiger charge is 2.12. The van der Waals surface area contributed by atoms with E-state index >= 15 is 0 Å². The van der Waals surface area contributed by atoms with Crippen LogP contribution in [-0.4, -0.2) is 24.7 Å². The van der Waals surface area contributed by atoms with Gasteiger partial charge in [-0.3, -0.25) is 4.98 Å². The highest BCUT2D eigenvalue weighted by molar-refractivity contribution is 6.01. The number of hydrogen-bond donors (Lipinski definition) is 1. The van der Waals surface area contributed by atoms with E-state index < -0.39 is 0 Å². The van der Waals surface area contributed by atoms with E-state index in [0.717, 1.165) is 63.3 Å². The van der Waals surface area contributed by atoms with E-state index in [1.54, 1.807) is 0 Å². The lowest BCUT2D eigenvalue weighted by molar-refractivity contribution is 0.803. The van der Waals surface area contributed by atoms with E-state index in [1.165, 1.54) is 0 Å². The lowest BCUT2D eigenvalue weighted by Gasteiger charge is -2.05. The minimum absolute atomic E-state index is 0.796. The van der Waals surface area contributed by atoms with Crippen LogP contribution in [0.5, 0.6) is 0 Å². The van der Waals surface area contributed by atoms with Gasteiger partial charge in [-0.25, -0.2) is 9.67 Å². The second-order valence-electron chi connectivity index (χ2n) is 6.86. The van der Waals surface area contributed by atoms with E-state index in [-0.39, 0.29) is 0 Å². The first kappa shape index (κ1) is 17.2. The summed E-state index contributed by atoms with van der Waals surface area (Å²) in [4.78, 5) is 12.7. The molecule has 0 aliphatic carbocycles. The van der Waals surface area contributed by atoms with Gasteiger partial charge in [-0.2, -0.15) is 5.10 Å². The van der Waals surface area contributed by atoms with Gasteiger partial charge in [0, 0.05) is 23.7 Å². The van der Waals surface area contributed by atoms with Crippen molar-refractivity contribution in [3.8, 4) is 0 Å². The van der Waals surface area contributed by atoms with E-state index in [9.17, 15) is 0 Å². The number of nitrogens with zero attached hydrogens (tertiary/aromatic N) is 4. The van der Waals surface area contributed by atoms with Crippen molar-refractivity contribution in [1.29, 1.82) is 0 Å². The average Bonchev–Trinajstić information content (AvgIpc) is 3.30. The maximum Gasteiger partial charge on any atom is 0.115 e. The van der Waals surface area contributed by atoms with Gasteiger partial charge in [-0.05, 0) is 51.0 Å². The highest BCUT2D eigenvalue weighted by Crippen LogP contribution is 2.23. The number of H-pyrrole nitrogens is 1. The number of benzene rings is 1. The van der Waals surface area contributed by atoms with Crippen molar-refractivity contribution in [3.05, 3.63) is 66.4 Å². The number of aromatic amines is 1. The molecule has 1 N–H and O–H groups in total. The summed E-state index contributed by atoms with van der Waals surface area (Å²) in [5, 5.41) is 5.86. The van der Waals surface area contributed by atoms with Crippen LogP contribution in [0.25, 0.3) is 33.2 Å². The first-order valence-corrected chi connectivity index (χ1v) is 9.17. The van der Waals surface area contributed by atoms with Crippen LogP contribution in [0, 0.1) is 0 Å². The second kappa shape index (κ2) is 6.83. The van der Waals surface area contributed by atoms with E-state index in [1.807, 2.05) is 30.8 Å². The third-order valence-corrected chi connectivity index (χ3v) is 4.84. The molecule has 3 heterocycles. The number of imidazole rings is 1. The molecule has 0 unspecified atom stereocenters. The summed E-state index contributed by atoms with van der Waals surface area (Å²) in [5.41, 5.74) is 7.10. The Kier molecular flexibility index (Phi) is 4.36. The fourth-order valence-electron chi connectivity index (χ4n) is 3.27. The number of pyridine rings is 1. The lowest BCUT2D eigenvalue weighted by Crippen LogP contribution is -2.01. The van der Waals surface area contributed by atoms with Gasteiger partial charge in [0.05, 0.1) is 22.4 Å². The summed E-state index contributed by atoms with van der Waals surface area (Å²) in [6, 6.07) is 10.3. The third kappa shape index (κ3) is 3.16. The molecule has 0 fully saturated rings. The molecule has 0 amide bonds. The van der Waals surface area contributed by atoms with Crippen molar-refractivity contribution in [1.82, 2.24) is 24.7 Å². The Morgan fingerprint density at radius 2 is 2.04 bits per heavy atom. The summed E-state index contributed by atoms with van der Waals surface area (Å²) in [5.74, 6) is 0.956. The Labute approximate surface area is 158 Å². The summed E-state index contributed by atoms with van der Waals surface area (Å²) >= 11 is 0. The van der Waals surface area contributed by atoms with Crippen molar-refractivity contribution in [3.63, 3.8) is 0 Å². The Morgan fingerprint density at radius 3 is 2.81 bits per heavy atom. The molecule has 4 rings (SSSR count). The van der Waals surface area contributed by atoms with E-state index in [2.05, 4.69) is 53.8 Å². The van der Waals surface area contributed by atoms with Gasteiger partial charge in [0.25, 0.3) is 0 Å². The minimum Gasteiger partial charge on any atom is -0.342 e.